The Labute approximate surface area is 93.8 Å². The van der Waals surface area contributed by atoms with Gasteiger partial charge in [0.05, 0.1) is 0 Å². The first-order valence-electron chi connectivity index (χ1n) is 5.83. The topological polar surface area (TPSA) is 0 Å². The van der Waals surface area contributed by atoms with Crippen molar-refractivity contribution in [1.82, 2.24) is 0 Å². The maximum Gasteiger partial charge on any atom is 0.00860 e. The summed E-state index contributed by atoms with van der Waals surface area (Å²) in [6.45, 7) is 2.17. The molecule has 0 amide bonds. The fraction of sp³-hybridized carbons (Fsp3) is 0.467. The van der Waals surface area contributed by atoms with Gasteiger partial charge in [-0.2, -0.15) is 0 Å². The Morgan fingerprint density at radius 2 is 2.07 bits per heavy atom. The Morgan fingerprint density at radius 1 is 1.27 bits per heavy atom. The summed E-state index contributed by atoms with van der Waals surface area (Å²) in [6, 6.07) is 0. The largest absolute Gasteiger partial charge is 0.120 e. The maximum absolute atomic E-state index is 5.19. The number of allylic oxidation sites excluding steroid dienone is 6. The van der Waals surface area contributed by atoms with E-state index in [0.29, 0.717) is 0 Å². The zero-order valence-corrected chi connectivity index (χ0v) is 9.63. The Hall–Kier alpha value is -1.22. The molecule has 0 saturated heterocycles. The third-order valence-corrected chi connectivity index (χ3v) is 2.72. The molecule has 0 unspecified atom stereocenters. The summed E-state index contributed by atoms with van der Waals surface area (Å²) in [7, 11) is 0. The second-order valence-electron chi connectivity index (χ2n) is 4.03. The molecule has 80 valence electrons. The van der Waals surface area contributed by atoms with Crippen molar-refractivity contribution >= 4 is 0 Å². The quantitative estimate of drug-likeness (QED) is 0.440. The molecule has 0 fully saturated rings. The highest BCUT2D eigenvalue weighted by Gasteiger charge is 1.98. The van der Waals surface area contributed by atoms with Gasteiger partial charge in [-0.25, -0.2) is 0 Å². The lowest BCUT2D eigenvalue weighted by Gasteiger charge is -1.99. The SMILES string of the molecule is C#CCCCCCCC=C1C=CC=C1C. The second kappa shape index (κ2) is 7.12. The van der Waals surface area contributed by atoms with Gasteiger partial charge in [0.2, 0.25) is 0 Å². The van der Waals surface area contributed by atoms with Gasteiger partial charge in [-0.3, -0.25) is 0 Å². The van der Waals surface area contributed by atoms with Crippen LogP contribution in [0.15, 0.2) is 35.5 Å². The molecular weight excluding hydrogens is 180 g/mol. The number of terminal acetylenes is 1. The van der Waals surface area contributed by atoms with Crippen LogP contribution in [0.4, 0.5) is 0 Å². The van der Waals surface area contributed by atoms with E-state index in [1.807, 2.05) is 0 Å². The van der Waals surface area contributed by atoms with Gasteiger partial charge in [0.25, 0.3) is 0 Å². The predicted molar refractivity (Wildman–Crippen MR) is 67.5 cm³/mol. The van der Waals surface area contributed by atoms with E-state index < -0.39 is 0 Å². The molecule has 0 aromatic rings. The van der Waals surface area contributed by atoms with Crippen molar-refractivity contribution in [3.05, 3.63) is 35.5 Å². The van der Waals surface area contributed by atoms with Crippen LogP contribution >= 0.6 is 0 Å². The summed E-state index contributed by atoms with van der Waals surface area (Å²) >= 11 is 0. The van der Waals surface area contributed by atoms with E-state index in [2.05, 4.69) is 37.1 Å². The van der Waals surface area contributed by atoms with Gasteiger partial charge < -0.3 is 0 Å². The summed E-state index contributed by atoms with van der Waals surface area (Å²) in [5.74, 6) is 2.68. The highest BCUT2D eigenvalue weighted by atomic mass is 14.0. The van der Waals surface area contributed by atoms with Gasteiger partial charge in [0.15, 0.2) is 0 Å². The lowest BCUT2D eigenvalue weighted by Crippen LogP contribution is -1.80. The lowest BCUT2D eigenvalue weighted by molar-refractivity contribution is 0.656. The molecule has 0 spiro atoms. The van der Waals surface area contributed by atoms with E-state index >= 15 is 0 Å². The molecule has 1 aliphatic carbocycles. The molecule has 1 rings (SSSR count). The third kappa shape index (κ3) is 4.70. The number of unbranched alkanes of at least 4 members (excludes halogenated alkanes) is 5. The monoisotopic (exact) mass is 200 g/mol. The van der Waals surface area contributed by atoms with Gasteiger partial charge >= 0.3 is 0 Å². The Bertz CT molecular complexity index is 307. The molecule has 0 heterocycles. The summed E-state index contributed by atoms with van der Waals surface area (Å²) in [4.78, 5) is 0. The third-order valence-electron chi connectivity index (χ3n) is 2.72. The van der Waals surface area contributed by atoms with Crippen molar-refractivity contribution in [2.45, 2.75) is 45.4 Å². The van der Waals surface area contributed by atoms with E-state index in [1.165, 1.54) is 43.3 Å². The minimum absolute atomic E-state index is 0.936. The van der Waals surface area contributed by atoms with Crippen LogP contribution in [0.25, 0.3) is 0 Å². The number of hydrogen-bond acceptors (Lipinski definition) is 0. The normalized spacial score (nSPS) is 16.8. The highest BCUT2D eigenvalue weighted by molar-refractivity contribution is 5.46. The van der Waals surface area contributed by atoms with Crippen molar-refractivity contribution in [1.29, 1.82) is 0 Å². The minimum Gasteiger partial charge on any atom is -0.120 e. The molecule has 0 bridgehead atoms. The average molecular weight is 200 g/mol. The van der Waals surface area contributed by atoms with E-state index in [-0.39, 0.29) is 0 Å². The minimum atomic E-state index is 0.936. The van der Waals surface area contributed by atoms with Gasteiger partial charge in [-0.1, -0.05) is 37.1 Å². The molecule has 0 N–H and O–H groups in total. The van der Waals surface area contributed by atoms with Crippen LogP contribution in [-0.2, 0) is 0 Å². The molecule has 15 heavy (non-hydrogen) atoms. The zero-order valence-electron chi connectivity index (χ0n) is 9.63. The standard InChI is InChI=1S/C15H20/c1-3-4-5-6-7-8-9-12-15-13-10-11-14(15)2/h1,10-13H,4-9H2,2H3. The Kier molecular flexibility index (Phi) is 5.63. The van der Waals surface area contributed by atoms with Crippen LogP contribution in [0.1, 0.15) is 45.4 Å². The summed E-state index contributed by atoms with van der Waals surface area (Å²) < 4.78 is 0. The van der Waals surface area contributed by atoms with Crippen molar-refractivity contribution in [3.8, 4) is 12.3 Å². The molecule has 0 aromatic heterocycles. The van der Waals surface area contributed by atoms with Crippen molar-refractivity contribution in [2.24, 2.45) is 0 Å². The fourth-order valence-electron chi connectivity index (χ4n) is 1.74. The first kappa shape index (κ1) is 11.9. The van der Waals surface area contributed by atoms with Crippen LogP contribution < -0.4 is 0 Å². The van der Waals surface area contributed by atoms with Gasteiger partial charge in [-0.05, 0) is 37.3 Å². The van der Waals surface area contributed by atoms with Gasteiger partial charge in [0, 0.05) is 6.42 Å². The van der Waals surface area contributed by atoms with E-state index in [9.17, 15) is 0 Å². The molecule has 0 nitrogen and oxygen atoms in total. The van der Waals surface area contributed by atoms with Crippen molar-refractivity contribution in [3.63, 3.8) is 0 Å². The molecule has 1 aliphatic rings. The molecule has 0 atom stereocenters. The van der Waals surface area contributed by atoms with Gasteiger partial charge in [0.1, 0.15) is 0 Å². The van der Waals surface area contributed by atoms with E-state index in [1.54, 1.807) is 0 Å². The zero-order chi connectivity index (χ0) is 10.9. The molecule has 0 radical (unpaired) electrons. The molecule has 0 aromatic carbocycles. The molecular formula is C15H20. The molecule has 0 heteroatoms. The van der Waals surface area contributed by atoms with Gasteiger partial charge in [-0.15, -0.1) is 12.3 Å². The van der Waals surface area contributed by atoms with E-state index in [4.69, 9.17) is 6.42 Å². The van der Waals surface area contributed by atoms with Crippen LogP contribution in [0.5, 0.6) is 0 Å². The predicted octanol–water partition coefficient (Wildman–Crippen LogP) is 4.40. The highest BCUT2D eigenvalue weighted by Crippen LogP contribution is 2.18. The summed E-state index contributed by atoms with van der Waals surface area (Å²) in [6.07, 6.45) is 21.2. The van der Waals surface area contributed by atoms with Crippen LogP contribution in [0.3, 0.4) is 0 Å². The number of rotatable bonds is 6. The molecule has 0 saturated carbocycles. The van der Waals surface area contributed by atoms with Crippen LogP contribution in [-0.4, -0.2) is 0 Å². The van der Waals surface area contributed by atoms with Crippen LogP contribution in [0.2, 0.25) is 0 Å². The van der Waals surface area contributed by atoms with Crippen molar-refractivity contribution in [2.75, 3.05) is 0 Å². The van der Waals surface area contributed by atoms with E-state index in [0.717, 1.165) is 6.42 Å². The van der Waals surface area contributed by atoms with Crippen LogP contribution in [0, 0.1) is 12.3 Å². The lowest BCUT2D eigenvalue weighted by atomic mass is 10.1. The fourth-order valence-corrected chi connectivity index (χ4v) is 1.74. The average Bonchev–Trinajstić information content (AvgIpc) is 2.63. The summed E-state index contributed by atoms with van der Waals surface area (Å²) in [5.41, 5.74) is 2.79. The first-order chi connectivity index (χ1) is 7.34. The second-order valence-corrected chi connectivity index (χ2v) is 4.03. The Morgan fingerprint density at radius 3 is 2.73 bits per heavy atom. The smallest absolute Gasteiger partial charge is 0.00860 e. The Balaban J connectivity index is 2.05. The van der Waals surface area contributed by atoms with Crippen molar-refractivity contribution < 1.29 is 0 Å². The molecule has 0 aliphatic heterocycles. The maximum atomic E-state index is 5.19. The number of hydrogen-bond donors (Lipinski definition) is 0. The summed E-state index contributed by atoms with van der Waals surface area (Å²) in [5, 5.41) is 0. The first-order valence-corrected chi connectivity index (χ1v) is 5.83.